The van der Waals surface area contributed by atoms with E-state index in [0.717, 1.165) is 5.56 Å². The fourth-order valence-corrected chi connectivity index (χ4v) is 5.66. The maximum absolute atomic E-state index is 13.3. The summed E-state index contributed by atoms with van der Waals surface area (Å²) in [5.74, 6) is 0.0896. The first-order chi connectivity index (χ1) is 10.3. The molecule has 3 rings (SSSR count). The van der Waals surface area contributed by atoms with Gasteiger partial charge in [-0.25, -0.2) is 12.8 Å². The lowest BCUT2D eigenvalue weighted by Gasteiger charge is -2.17. The number of likely N-dealkylation sites (tertiary alicyclic amines) is 1. The van der Waals surface area contributed by atoms with Gasteiger partial charge in [0.1, 0.15) is 5.82 Å². The number of nitrogens with zero attached hydrogens (tertiary/aromatic N) is 1. The third-order valence-electron chi connectivity index (χ3n) is 4.48. The predicted molar refractivity (Wildman–Crippen MR) is 81.9 cm³/mol. The summed E-state index contributed by atoms with van der Waals surface area (Å²) in [6, 6.07) is 4.55. The maximum atomic E-state index is 13.3. The number of hydrogen-bond acceptors (Lipinski definition) is 3. The average molecular weight is 346 g/mol. The molecular weight excluding hydrogens is 329 g/mol. The minimum absolute atomic E-state index is 0.00200. The Balaban J connectivity index is 1.54. The third-order valence-corrected chi connectivity index (χ3v) is 6.66. The average Bonchev–Trinajstić information content (AvgIpc) is 2.93. The molecule has 2 aliphatic heterocycles. The highest BCUT2D eigenvalue weighted by atomic mass is 35.5. The molecule has 0 aromatic heterocycles. The molecule has 2 heterocycles. The Labute approximate surface area is 134 Å². The summed E-state index contributed by atoms with van der Waals surface area (Å²) in [5, 5.41) is 0.0728. The van der Waals surface area contributed by atoms with Crippen LogP contribution in [-0.2, 0) is 21.1 Å². The minimum atomic E-state index is -2.91. The zero-order valence-corrected chi connectivity index (χ0v) is 13.5. The maximum Gasteiger partial charge on any atom is 0.222 e. The Bertz CT molecular complexity index is 687. The first-order valence-corrected chi connectivity index (χ1v) is 9.46. The summed E-state index contributed by atoms with van der Waals surface area (Å²) in [6.07, 6.45) is 0.754. The lowest BCUT2D eigenvalue weighted by molar-refractivity contribution is -0.130. The molecule has 0 N–H and O–H groups in total. The molecule has 1 amide bonds. The number of carbonyl (C=O) groups is 1. The van der Waals surface area contributed by atoms with E-state index in [-0.39, 0.29) is 34.3 Å². The largest absolute Gasteiger partial charge is 0.342 e. The number of hydrogen-bond donors (Lipinski definition) is 0. The third kappa shape index (κ3) is 3.27. The molecule has 2 fully saturated rings. The lowest BCUT2D eigenvalue weighted by Crippen LogP contribution is -2.31. The van der Waals surface area contributed by atoms with Gasteiger partial charge >= 0.3 is 0 Å². The number of carbonyl (C=O) groups excluding carboxylic acids is 1. The minimum Gasteiger partial charge on any atom is -0.342 e. The van der Waals surface area contributed by atoms with Gasteiger partial charge in [0.25, 0.3) is 0 Å². The highest BCUT2D eigenvalue weighted by Gasteiger charge is 2.44. The number of aryl methyl sites for hydroxylation is 1. The quantitative estimate of drug-likeness (QED) is 0.841. The van der Waals surface area contributed by atoms with Crippen molar-refractivity contribution in [2.24, 2.45) is 11.8 Å². The van der Waals surface area contributed by atoms with Crippen molar-refractivity contribution in [3.63, 3.8) is 0 Å². The summed E-state index contributed by atoms with van der Waals surface area (Å²) >= 11 is 5.63. The SMILES string of the molecule is O=C(CCc1ccc(Cl)c(F)c1)N1C[C@@H]2CS(=O)(=O)C[C@@H]2C1. The first-order valence-electron chi connectivity index (χ1n) is 7.26. The van der Waals surface area contributed by atoms with E-state index in [1.807, 2.05) is 0 Å². The van der Waals surface area contributed by atoms with Crippen molar-refractivity contribution in [3.05, 3.63) is 34.6 Å². The van der Waals surface area contributed by atoms with Crippen molar-refractivity contribution in [2.75, 3.05) is 24.6 Å². The van der Waals surface area contributed by atoms with Gasteiger partial charge in [0.05, 0.1) is 16.5 Å². The van der Waals surface area contributed by atoms with E-state index in [2.05, 4.69) is 0 Å². The van der Waals surface area contributed by atoms with Crippen LogP contribution >= 0.6 is 11.6 Å². The zero-order chi connectivity index (χ0) is 15.9. The summed E-state index contributed by atoms with van der Waals surface area (Å²) in [6.45, 7) is 1.05. The lowest BCUT2D eigenvalue weighted by atomic mass is 10.0. The van der Waals surface area contributed by atoms with E-state index >= 15 is 0 Å². The van der Waals surface area contributed by atoms with Gasteiger partial charge in [0.2, 0.25) is 5.91 Å². The van der Waals surface area contributed by atoms with Crippen LogP contribution in [0, 0.1) is 17.7 Å². The van der Waals surface area contributed by atoms with E-state index in [1.165, 1.54) is 12.1 Å². The van der Waals surface area contributed by atoms with Gasteiger partial charge < -0.3 is 4.90 Å². The summed E-state index contributed by atoms with van der Waals surface area (Å²) in [4.78, 5) is 14.0. The van der Waals surface area contributed by atoms with Crippen molar-refractivity contribution >= 4 is 27.3 Å². The Morgan fingerprint density at radius 2 is 1.91 bits per heavy atom. The molecule has 0 unspecified atom stereocenters. The molecule has 2 saturated heterocycles. The van der Waals surface area contributed by atoms with Crippen molar-refractivity contribution in [3.8, 4) is 0 Å². The molecule has 0 spiro atoms. The Hall–Kier alpha value is -1.14. The van der Waals surface area contributed by atoms with E-state index in [4.69, 9.17) is 11.6 Å². The molecule has 0 radical (unpaired) electrons. The van der Waals surface area contributed by atoms with Gasteiger partial charge in [0, 0.05) is 19.5 Å². The topological polar surface area (TPSA) is 54.5 Å². The van der Waals surface area contributed by atoms with Crippen LogP contribution in [0.5, 0.6) is 0 Å². The first kappa shape index (κ1) is 15.7. The van der Waals surface area contributed by atoms with Gasteiger partial charge in [-0.3, -0.25) is 4.79 Å². The standard InChI is InChI=1S/C15H17ClFNO3S/c16-13-3-1-10(5-14(13)17)2-4-15(19)18-6-11-8-22(20,21)9-12(11)7-18/h1,3,5,11-12H,2,4,6-9H2/t11-,12+. The molecule has 0 aliphatic carbocycles. The van der Waals surface area contributed by atoms with Crippen LogP contribution in [0.4, 0.5) is 4.39 Å². The van der Waals surface area contributed by atoms with Crippen LogP contribution in [0.2, 0.25) is 5.02 Å². The molecule has 22 heavy (non-hydrogen) atoms. The molecule has 0 bridgehead atoms. The van der Waals surface area contributed by atoms with E-state index in [0.29, 0.717) is 25.9 Å². The Morgan fingerprint density at radius 1 is 1.27 bits per heavy atom. The number of fused-ring (bicyclic) bond motifs is 1. The molecule has 1 aromatic rings. The van der Waals surface area contributed by atoms with Crippen LogP contribution in [0.25, 0.3) is 0 Å². The van der Waals surface area contributed by atoms with Crippen LogP contribution < -0.4 is 0 Å². The van der Waals surface area contributed by atoms with Gasteiger partial charge in [-0.1, -0.05) is 17.7 Å². The molecule has 4 nitrogen and oxygen atoms in total. The van der Waals surface area contributed by atoms with Crippen LogP contribution in [0.3, 0.4) is 0 Å². The highest BCUT2D eigenvalue weighted by Crippen LogP contribution is 2.33. The zero-order valence-electron chi connectivity index (χ0n) is 12.0. The normalized spacial score (nSPS) is 26.2. The number of sulfone groups is 1. The predicted octanol–water partition coefficient (Wildman–Crippen LogP) is 1.91. The summed E-state index contributed by atoms with van der Waals surface area (Å²) in [5.41, 5.74) is 0.734. The monoisotopic (exact) mass is 345 g/mol. The van der Waals surface area contributed by atoms with Crippen molar-refractivity contribution in [1.82, 2.24) is 4.90 Å². The van der Waals surface area contributed by atoms with Gasteiger partial charge in [-0.2, -0.15) is 0 Å². The molecular formula is C15H17ClFNO3S. The van der Waals surface area contributed by atoms with Gasteiger partial charge in [-0.05, 0) is 36.0 Å². The molecule has 0 saturated carbocycles. The fourth-order valence-electron chi connectivity index (χ4n) is 3.34. The number of amides is 1. The Morgan fingerprint density at radius 3 is 2.50 bits per heavy atom. The highest BCUT2D eigenvalue weighted by molar-refractivity contribution is 7.91. The summed E-state index contributed by atoms with van der Waals surface area (Å²) in [7, 11) is -2.91. The van der Waals surface area contributed by atoms with E-state index in [1.54, 1.807) is 11.0 Å². The van der Waals surface area contributed by atoms with Gasteiger partial charge in [-0.15, -0.1) is 0 Å². The van der Waals surface area contributed by atoms with Crippen molar-refractivity contribution in [2.45, 2.75) is 12.8 Å². The van der Waals surface area contributed by atoms with Crippen LogP contribution in [0.1, 0.15) is 12.0 Å². The van der Waals surface area contributed by atoms with Crippen LogP contribution in [-0.4, -0.2) is 43.8 Å². The molecule has 2 aliphatic rings. The van der Waals surface area contributed by atoms with E-state index < -0.39 is 15.7 Å². The fraction of sp³-hybridized carbons (Fsp3) is 0.533. The smallest absolute Gasteiger partial charge is 0.222 e. The van der Waals surface area contributed by atoms with Crippen molar-refractivity contribution in [1.29, 1.82) is 0 Å². The molecule has 2 atom stereocenters. The molecule has 120 valence electrons. The van der Waals surface area contributed by atoms with Crippen LogP contribution in [0.15, 0.2) is 18.2 Å². The second-order valence-corrected chi connectivity index (χ2v) is 8.71. The summed E-state index contributed by atoms with van der Waals surface area (Å²) < 4.78 is 36.4. The molecule has 1 aromatic carbocycles. The molecule has 7 heteroatoms. The number of rotatable bonds is 3. The number of benzene rings is 1. The van der Waals surface area contributed by atoms with E-state index in [9.17, 15) is 17.6 Å². The second-order valence-electron chi connectivity index (χ2n) is 6.14. The second kappa shape index (κ2) is 5.81. The Kier molecular flexibility index (Phi) is 4.16. The number of halogens is 2. The van der Waals surface area contributed by atoms with Crippen molar-refractivity contribution < 1.29 is 17.6 Å². The van der Waals surface area contributed by atoms with Gasteiger partial charge in [0.15, 0.2) is 9.84 Å².